The maximum absolute atomic E-state index is 5.65. The summed E-state index contributed by atoms with van der Waals surface area (Å²) in [4.78, 5) is 5.68. The van der Waals surface area contributed by atoms with Crippen LogP contribution >= 0.6 is 11.3 Å². The van der Waals surface area contributed by atoms with Gasteiger partial charge in [-0.25, -0.2) is 0 Å². The molecule has 1 saturated heterocycles. The highest BCUT2D eigenvalue weighted by Crippen LogP contribution is 2.31. The Morgan fingerprint density at radius 1 is 1.39 bits per heavy atom. The molecule has 2 N–H and O–H groups in total. The SMILES string of the molecule is CCc1ccc(C(C)N2CCC(CCN)CC2)s1. The molecular weight excluding hydrogens is 240 g/mol. The predicted molar refractivity (Wildman–Crippen MR) is 80.1 cm³/mol. The van der Waals surface area contributed by atoms with Gasteiger partial charge in [-0.1, -0.05) is 6.92 Å². The van der Waals surface area contributed by atoms with Crippen molar-refractivity contribution in [1.29, 1.82) is 0 Å². The van der Waals surface area contributed by atoms with Crippen molar-refractivity contribution >= 4 is 11.3 Å². The van der Waals surface area contributed by atoms with Crippen molar-refractivity contribution in [3.8, 4) is 0 Å². The van der Waals surface area contributed by atoms with Crippen LogP contribution in [0, 0.1) is 5.92 Å². The summed E-state index contributed by atoms with van der Waals surface area (Å²) in [6.45, 7) is 7.93. The van der Waals surface area contributed by atoms with Crippen LogP contribution in [-0.2, 0) is 6.42 Å². The zero-order chi connectivity index (χ0) is 13.0. The molecule has 0 radical (unpaired) electrons. The highest BCUT2D eigenvalue weighted by Gasteiger charge is 2.23. The molecule has 1 unspecified atom stereocenters. The summed E-state index contributed by atoms with van der Waals surface area (Å²) in [5, 5.41) is 0. The number of aryl methyl sites for hydroxylation is 1. The van der Waals surface area contributed by atoms with Crippen LogP contribution < -0.4 is 5.73 Å². The Hall–Kier alpha value is -0.380. The van der Waals surface area contributed by atoms with Crippen LogP contribution in [0.15, 0.2) is 12.1 Å². The molecule has 102 valence electrons. The standard InChI is InChI=1S/C15H26N2S/c1-3-14-4-5-15(18-14)12(2)17-10-7-13(6-9-16)8-11-17/h4-5,12-13H,3,6-11,16H2,1-2H3. The molecule has 0 saturated carbocycles. The number of likely N-dealkylation sites (tertiary alicyclic amines) is 1. The van der Waals surface area contributed by atoms with Crippen molar-refractivity contribution in [1.82, 2.24) is 4.90 Å². The lowest BCUT2D eigenvalue weighted by Gasteiger charge is -2.35. The Kier molecular flexibility index (Phi) is 5.22. The van der Waals surface area contributed by atoms with Crippen molar-refractivity contribution in [2.75, 3.05) is 19.6 Å². The van der Waals surface area contributed by atoms with Crippen molar-refractivity contribution in [3.05, 3.63) is 21.9 Å². The molecular formula is C15H26N2S. The van der Waals surface area contributed by atoms with E-state index in [0.29, 0.717) is 6.04 Å². The van der Waals surface area contributed by atoms with Gasteiger partial charge in [-0.3, -0.25) is 4.90 Å². The summed E-state index contributed by atoms with van der Waals surface area (Å²) in [6, 6.07) is 5.20. The first-order chi connectivity index (χ1) is 8.74. The van der Waals surface area contributed by atoms with Crippen LogP contribution in [0.3, 0.4) is 0 Å². The summed E-state index contributed by atoms with van der Waals surface area (Å²) in [7, 11) is 0. The minimum absolute atomic E-state index is 0.592. The van der Waals surface area contributed by atoms with Gasteiger partial charge in [0.2, 0.25) is 0 Å². The van der Waals surface area contributed by atoms with Gasteiger partial charge in [0.15, 0.2) is 0 Å². The average Bonchev–Trinajstić information content (AvgIpc) is 2.88. The maximum atomic E-state index is 5.65. The van der Waals surface area contributed by atoms with E-state index in [-0.39, 0.29) is 0 Å². The molecule has 1 fully saturated rings. The van der Waals surface area contributed by atoms with Crippen LogP contribution in [0.25, 0.3) is 0 Å². The maximum Gasteiger partial charge on any atom is 0.0413 e. The first-order valence-electron chi connectivity index (χ1n) is 7.27. The van der Waals surface area contributed by atoms with E-state index in [1.54, 1.807) is 0 Å². The molecule has 3 heteroatoms. The molecule has 0 amide bonds. The van der Waals surface area contributed by atoms with Crippen molar-refractivity contribution in [2.45, 2.75) is 45.6 Å². The fraction of sp³-hybridized carbons (Fsp3) is 0.733. The molecule has 0 spiro atoms. The third-order valence-corrected chi connectivity index (χ3v) is 5.61. The minimum atomic E-state index is 0.592. The highest BCUT2D eigenvalue weighted by molar-refractivity contribution is 7.12. The topological polar surface area (TPSA) is 29.3 Å². The Morgan fingerprint density at radius 3 is 2.67 bits per heavy atom. The van der Waals surface area contributed by atoms with Crippen LogP contribution in [-0.4, -0.2) is 24.5 Å². The molecule has 1 aromatic rings. The Bertz CT molecular complexity index is 353. The summed E-state index contributed by atoms with van der Waals surface area (Å²) in [6.07, 6.45) is 5.03. The van der Waals surface area contributed by atoms with E-state index in [9.17, 15) is 0 Å². The average molecular weight is 266 g/mol. The second-order valence-electron chi connectivity index (χ2n) is 5.39. The molecule has 1 aliphatic heterocycles. The van der Waals surface area contributed by atoms with Crippen LogP contribution in [0.5, 0.6) is 0 Å². The van der Waals surface area contributed by atoms with Crippen LogP contribution in [0.1, 0.15) is 48.9 Å². The second-order valence-corrected chi connectivity index (χ2v) is 6.59. The number of nitrogens with two attached hydrogens (primary N) is 1. The van der Waals surface area contributed by atoms with Gasteiger partial charge < -0.3 is 5.73 Å². The third kappa shape index (κ3) is 3.34. The minimum Gasteiger partial charge on any atom is -0.330 e. The van der Waals surface area contributed by atoms with Gasteiger partial charge >= 0.3 is 0 Å². The summed E-state index contributed by atoms with van der Waals surface area (Å²) in [5.41, 5.74) is 5.65. The molecule has 2 nitrogen and oxygen atoms in total. The quantitative estimate of drug-likeness (QED) is 0.884. The number of piperidine rings is 1. The molecule has 0 bridgehead atoms. The molecule has 2 heterocycles. The normalized spacial score (nSPS) is 20.2. The smallest absolute Gasteiger partial charge is 0.0413 e. The summed E-state index contributed by atoms with van der Waals surface area (Å²) in [5.74, 6) is 0.869. The largest absolute Gasteiger partial charge is 0.330 e. The van der Waals surface area contributed by atoms with Gasteiger partial charge in [0, 0.05) is 15.8 Å². The predicted octanol–water partition coefficient (Wildman–Crippen LogP) is 3.43. The second kappa shape index (κ2) is 6.69. The Morgan fingerprint density at radius 2 is 2.11 bits per heavy atom. The lowest BCUT2D eigenvalue weighted by molar-refractivity contribution is 0.140. The monoisotopic (exact) mass is 266 g/mol. The van der Waals surface area contributed by atoms with E-state index in [2.05, 4.69) is 30.9 Å². The van der Waals surface area contributed by atoms with Crippen LogP contribution in [0.2, 0.25) is 0 Å². The van der Waals surface area contributed by atoms with Gasteiger partial charge in [0.05, 0.1) is 0 Å². The fourth-order valence-electron chi connectivity index (χ4n) is 2.85. The number of hydrogen-bond acceptors (Lipinski definition) is 3. The van der Waals surface area contributed by atoms with E-state index < -0.39 is 0 Å². The molecule has 1 aromatic heterocycles. The summed E-state index contributed by atoms with van der Waals surface area (Å²) >= 11 is 1.98. The van der Waals surface area contributed by atoms with Crippen molar-refractivity contribution in [3.63, 3.8) is 0 Å². The van der Waals surface area contributed by atoms with Gasteiger partial charge in [0.1, 0.15) is 0 Å². The van der Waals surface area contributed by atoms with E-state index in [1.165, 1.54) is 42.1 Å². The molecule has 2 rings (SSSR count). The first kappa shape index (κ1) is 14.0. The Labute approximate surface area is 115 Å². The number of thiophene rings is 1. The molecule has 1 aliphatic rings. The molecule has 18 heavy (non-hydrogen) atoms. The fourth-order valence-corrected chi connectivity index (χ4v) is 3.89. The van der Waals surface area contributed by atoms with E-state index >= 15 is 0 Å². The number of rotatable bonds is 5. The van der Waals surface area contributed by atoms with Gasteiger partial charge in [-0.05, 0) is 70.3 Å². The lowest BCUT2D eigenvalue weighted by Crippen LogP contribution is -2.35. The zero-order valence-electron chi connectivity index (χ0n) is 11.7. The molecule has 0 aromatic carbocycles. The highest BCUT2D eigenvalue weighted by atomic mass is 32.1. The van der Waals surface area contributed by atoms with Gasteiger partial charge in [0.25, 0.3) is 0 Å². The lowest BCUT2D eigenvalue weighted by atomic mass is 9.93. The van der Waals surface area contributed by atoms with E-state index in [4.69, 9.17) is 5.73 Å². The first-order valence-corrected chi connectivity index (χ1v) is 8.09. The van der Waals surface area contributed by atoms with Gasteiger partial charge in [-0.2, -0.15) is 0 Å². The van der Waals surface area contributed by atoms with Crippen LogP contribution in [0.4, 0.5) is 0 Å². The molecule has 1 atom stereocenters. The van der Waals surface area contributed by atoms with Crippen molar-refractivity contribution in [2.24, 2.45) is 11.7 Å². The Balaban J connectivity index is 1.88. The molecule has 0 aliphatic carbocycles. The van der Waals surface area contributed by atoms with Crippen molar-refractivity contribution < 1.29 is 0 Å². The van der Waals surface area contributed by atoms with E-state index in [0.717, 1.165) is 18.9 Å². The third-order valence-electron chi connectivity index (χ3n) is 4.21. The van der Waals surface area contributed by atoms with Gasteiger partial charge in [-0.15, -0.1) is 11.3 Å². The number of hydrogen-bond donors (Lipinski definition) is 1. The number of nitrogens with zero attached hydrogens (tertiary/aromatic N) is 1. The van der Waals surface area contributed by atoms with E-state index in [1.807, 2.05) is 11.3 Å². The zero-order valence-corrected chi connectivity index (χ0v) is 12.5. The summed E-state index contributed by atoms with van der Waals surface area (Å²) < 4.78 is 0.